The van der Waals surface area contributed by atoms with E-state index in [4.69, 9.17) is 4.98 Å². The van der Waals surface area contributed by atoms with Gasteiger partial charge in [0.25, 0.3) is 0 Å². The summed E-state index contributed by atoms with van der Waals surface area (Å²) in [7, 11) is 0. The number of pyridine rings is 2. The average molecular weight is 285 g/mol. The zero-order chi connectivity index (χ0) is 15.2. The molecule has 1 N–H and O–H groups in total. The fourth-order valence-corrected chi connectivity index (χ4v) is 2.21. The van der Waals surface area contributed by atoms with Gasteiger partial charge in [-0.15, -0.1) is 0 Å². The lowest BCUT2D eigenvalue weighted by atomic mass is 10.1. The molecule has 0 radical (unpaired) electrons. The minimum Gasteiger partial charge on any atom is -0.392 e. The first-order valence-electron chi connectivity index (χ1n) is 7.39. The Hall–Kier alpha value is -1.94. The van der Waals surface area contributed by atoms with Crippen LogP contribution in [0.3, 0.4) is 0 Å². The Morgan fingerprint density at radius 3 is 2.43 bits per heavy atom. The predicted molar refractivity (Wildman–Crippen MR) is 85.2 cm³/mol. The molecule has 4 heteroatoms. The lowest BCUT2D eigenvalue weighted by molar-refractivity contribution is 0.281. The summed E-state index contributed by atoms with van der Waals surface area (Å²) in [4.78, 5) is 11.0. The van der Waals surface area contributed by atoms with Gasteiger partial charge in [0.05, 0.1) is 6.61 Å². The highest BCUT2D eigenvalue weighted by molar-refractivity contribution is 5.43. The summed E-state index contributed by atoms with van der Waals surface area (Å²) in [5.41, 5.74) is 3.13. The molecule has 0 aliphatic rings. The lowest BCUT2D eigenvalue weighted by Crippen LogP contribution is -2.23. The number of aromatic nitrogens is 2. The highest BCUT2D eigenvalue weighted by Gasteiger charge is 2.11. The molecule has 0 aliphatic heterocycles. The molecule has 0 bridgehead atoms. The van der Waals surface area contributed by atoms with Crippen LogP contribution in [0.25, 0.3) is 0 Å². The van der Waals surface area contributed by atoms with Crippen molar-refractivity contribution in [1.82, 2.24) is 9.97 Å². The molecule has 0 spiro atoms. The van der Waals surface area contributed by atoms with E-state index in [9.17, 15) is 5.11 Å². The molecule has 2 rings (SSSR count). The van der Waals surface area contributed by atoms with Gasteiger partial charge in [-0.1, -0.05) is 13.8 Å². The maximum atomic E-state index is 9.46. The number of hydrogen-bond donors (Lipinski definition) is 1. The van der Waals surface area contributed by atoms with Gasteiger partial charge >= 0.3 is 0 Å². The van der Waals surface area contributed by atoms with E-state index in [1.54, 1.807) is 12.4 Å². The molecular weight excluding hydrogens is 262 g/mol. The van der Waals surface area contributed by atoms with E-state index in [1.807, 2.05) is 24.3 Å². The van der Waals surface area contributed by atoms with E-state index in [0.717, 1.165) is 30.2 Å². The first-order valence-corrected chi connectivity index (χ1v) is 7.39. The normalized spacial score (nSPS) is 10.9. The van der Waals surface area contributed by atoms with Crippen molar-refractivity contribution in [3.63, 3.8) is 0 Å². The maximum Gasteiger partial charge on any atom is 0.129 e. The number of anilines is 1. The van der Waals surface area contributed by atoms with Crippen molar-refractivity contribution in [2.75, 3.05) is 11.4 Å². The van der Waals surface area contributed by atoms with Gasteiger partial charge in [-0.25, -0.2) is 4.98 Å². The van der Waals surface area contributed by atoms with Crippen LogP contribution in [-0.4, -0.2) is 21.6 Å². The molecule has 21 heavy (non-hydrogen) atoms. The van der Waals surface area contributed by atoms with Crippen LogP contribution in [0.2, 0.25) is 0 Å². The number of nitrogens with zero attached hydrogens (tertiary/aromatic N) is 3. The predicted octanol–water partition coefficient (Wildman–Crippen LogP) is 3.12. The maximum absolute atomic E-state index is 9.46. The molecule has 0 saturated carbocycles. The largest absolute Gasteiger partial charge is 0.392 e. The van der Waals surface area contributed by atoms with E-state index in [0.29, 0.717) is 5.92 Å². The molecule has 112 valence electrons. The molecule has 0 atom stereocenters. The van der Waals surface area contributed by atoms with E-state index in [2.05, 4.69) is 30.7 Å². The second-order valence-corrected chi connectivity index (χ2v) is 5.44. The van der Waals surface area contributed by atoms with Crippen molar-refractivity contribution in [3.05, 3.63) is 53.5 Å². The Bertz CT molecular complexity index is 570. The van der Waals surface area contributed by atoms with Crippen LogP contribution < -0.4 is 4.90 Å². The number of rotatable bonds is 6. The van der Waals surface area contributed by atoms with Gasteiger partial charge in [0, 0.05) is 31.2 Å². The topological polar surface area (TPSA) is 49.2 Å². The summed E-state index contributed by atoms with van der Waals surface area (Å²) in [5, 5.41) is 9.46. The van der Waals surface area contributed by atoms with Crippen LogP contribution >= 0.6 is 0 Å². The molecule has 0 amide bonds. The Kier molecular flexibility index (Phi) is 5.28. The Morgan fingerprint density at radius 2 is 1.86 bits per heavy atom. The minimum atomic E-state index is 0.0437. The van der Waals surface area contributed by atoms with Crippen LogP contribution in [-0.2, 0) is 13.2 Å². The van der Waals surface area contributed by atoms with Gasteiger partial charge in [-0.05, 0) is 48.2 Å². The van der Waals surface area contributed by atoms with Crippen molar-refractivity contribution in [3.8, 4) is 0 Å². The van der Waals surface area contributed by atoms with Crippen molar-refractivity contribution in [2.45, 2.75) is 39.8 Å². The van der Waals surface area contributed by atoms with Gasteiger partial charge in [0.1, 0.15) is 5.82 Å². The highest BCUT2D eigenvalue weighted by Crippen LogP contribution is 2.21. The smallest absolute Gasteiger partial charge is 0.129 e. The molecule has 2 aromatic rings. The fourth-order valence-electron chi connectivity index (χ4n) is 2.21. The minimum absolute atomic E-state index is 0.0437. The van der Waals surface area contributed by atoms with Crippen LogP contribution in [0.4, 0.5) is 5.82 Å². The Morgan fingerprint density at radius 1 is 1.14 bits per heavy atom. The van der Waals surface area contributed by atoms with Gasteiger partial charge < -0.3 is 10.0 Å². The number of aliphatic hydroxyl groups is 1. The molecule has 0 fully saturated rings. The third-order valence-electron chi connectivity index (χ3n) is 3.49. The summed E-state index contributed by atoms with van der Waals surface area (Å²) < 4.78 is 0. The zero-order valence-electron chi connectivity index (χ0n) is 13.0. The summed E-state index contributed by atoms with van der Waals surface area (Å²) in [6.07, 6.45) is 3.61. The molecule has 0 saturated heterocycles. The lowest BCUT2D eigenvalue weighted by Gasteiger charge is -2.24. The zero-order valence-corrected chi connectivity index (χ0v) is 13.0. The first-order chi connectivity index (χ1) is 10.1. The Labute approximate surface area is 126 Å². The van der Waals surface area contributed by atoms with Gasteiger partial charge in [0.2, 0.25) is 0 Å². The van der Waals surface area contributed by atoms with Crippen LogP contribution in [0.15, 0.2) is 36.7 Å². The van der Waals surface area contributed by atoms with E-state index < -0.39 is 0 Å². The summed E-state index contributed by atoms with van der Waals surface area (Å²) in [5.74, 6) is 1.26. The first kappa shape index (κ1) is 15.4. The van der Waals surface area contributed by atoms with E-state index >= 15 is 0 Å². The fraction of sp³-hybridized carbons (Fsp3) is 0.412. The van der Waals surface area contributed by atoms with Crippen molar-refractivity contribution >= 4 is 5.82 Å². The molecule has 0 aliphatic carbocycles. The monoisotopic (exact) mass is 285 g/mol. The standard InChI is InChI=1S/C17H23N3O/c1-4-20(11-14-5-7-18-8-6-14)17-10-15(12-21)9-16(19-17)13(2)3/h5-10,13,21H,4,11-12H2,1-3H3. The van der Waals surface area contributed by atoms with Gasteiger partial charge in [-0.3, -0.25) is 4.98 Å². The van der Waals surface area contributed by atoms with Crippen molar-refractivity contribution in [1.29, 1.82) is 0 Å². The molecule has 0 unspecified atom stereocenters. The summed E-state index contributed by atoms with van der Waals surface area (Å²) in [6.45, 7) is 8.05. The third kappa shape index (κ3) is 4.02. The third-order valence-corrected chi connectivity index (χ3v) is 3.49. The number of aliphatic hydroxyl groups excluding tert-OH is 1. The van der Waals surface area contributed by atoms with Gasteiger partial charge in [0.15, 0.2) is 0 Å². The van der Waals surface area contributed by atoms with Crippen molar-refractivity contribution in [2.24, 2.45) is 0 Å². The second kappa shape index (κ2) is 7.18. The quantitative estimate of drug-likeness (QED) is 0.886. The summed E-state index contributed by atoms with van der Waals surface area (Å²) in [6, 6.07) is 7.98. The van der Waals surface area contributed by atoms with Crippen molar-refractivity contribution < 1.29 is 5.11 Å². The molecule has 4 nitrogen and oxygen atoms in total. The summed E-state index contributed by atoms with van der Waals surface area (Å²) >= 11 is 0. The van der Waals surface area contributed by atoms with Gasteiger partial charge in [-0.2, -0.15) is 0 Å². The highest BCUT2D eigenvalue weighted by atomic mass is 16.3. The second-order valence-electron chi connectivity index (χ2n) is 5.44. The molecule has 2 heterocycles. The average Bonchev–Trinajstić information content (AvgIpc) is 2.53. The molecule has 2 aromatic heterocycles. The van der Waals surface area contributed by atoms with Crippen LogP contribution in [0, 0.1) is 0 Å². The van der Waals surface area contributed by atoms with Crippen LogP contribution in [0.1, 0.15) is 43.5 Å². The van der Waals surface area contributed by atoms with Crippen LogP contribution in [0.5, 0.6) is 0 Å². The molecule has 0 aromatic carbocycles. The Balaban J connectivity index is 2.30. The number of hydrogen-bond acceptors (Lipinski definition) is 4. The van der Waals surface area contributed by atoms with E-state index in [-0.39, 0.29) is 6.61 Å². The SMILES string of the molecule is CCN(Cc1ccncc1)c1cc(CO)cc(C(C)C)n1. The molecular formula is C17H23N3O. The van der Waals surface area contributed by atoms with E-state index in [1.165, 1.54) is 5.56 Å².